The van der Waals surface area contributed by atoms with Gasteiger partial charge in [0.25, 0.3) is 0 Å². The normalized spacial score (nSPS) is 13.6. The van der Waals surface area contributed by atoms with Gasteiger partial charge in [0, 0.05) is 6.42 Å². The Hall–Kier alpha value is -1.82. The predicted octanol–water partition coefficient (Wildman–Crippen LogP) is 2.77. The highest BCUT2D eigenvalue weighted by molar-refractivity contribution is 5.72. The number of ether oxygens (including phenoxy) is 1. The summed E-state index contributed by atoms with van der Waals surface area (Å²) in [4.78, 5) is 11.4. The molecule has 0 radical (unpaired) electrons. The molecule has 3 nitrogen and oxygen atoms in total. The molecule has 17 heavy (non-hydrogen) atoms. The summed E-state index contributed by atoms with van der Waals surface area (Å²) < 4.78 is 5.19. The summed E-state index contributed by atoms with van der Waals surface area (Å²) in [5.74, 6) is 0.274. The second-order valence-corrected chi connectivity index (χ2v) is 4.27. The second-order valence-electron chi connectivity index (χ2n) is 4.27. The van der Waals surface area contributed by atoms with Gasteiger partial charge in [-0.15, -0.1) is 0 Å². The van der Waals surface area contributed by atoms with E-state index in [9.17, 15) is 4.79 Å². The number of carbonyl (C=O) groups is 1. The monoisotopic (exact) mass is 229 g/mol. The number of hydrogen-bond donors (Lipinski definition) is 0. The van der Waals surface area contributed by atoms with Gasteiger partial charge in [0.15, 0.2) is 0 Å². The quantitative estimate of drug-likeness (QED) is 0.591. The fourth-order valence-corrected chi connectivity index (χ4v) is 2.11. The minimum absolute atomic E-state index is 0.160. The van der Waals surface area contributed by atoms with Gasteiger partial charge in [-0.05, 0) is 48.9 Å². The third-order valence-corrected chi connectivity index (χ3v) is 2.99. The number of aryl methyl sites for hydroxylation is 2. The van der Waals surface area contributed by atoms with Crippen LogP contribution in [-0.4, -0.2) is 5.97 Å². The van der Waals surface area contributed by atoms with Crippen LogP contribution < -0.4 is 4.74 Å². The first-order valence-corrected chi connectivity index (χ1v) is 5.99. The van der Waals surface area contributed by atoms with Gasteiger partial charge in [-0.2, -0.15) is 5.26 Å². The average molecular weight is 229 g/mol. The molecule has 1 aromatic carbocycles. The molecule has 0 unspecified atom stereocenters. The molecule has 0 heterocycles. The standard InChI is InChI=1S/C14H15NO2/c15-9-3-6-14(16)17-13-8-7-11-4-1-2-5-12(11)10-13/h7-8,10H,1-6H2. The minimum atomic E-state index is -0.331. The molecule has 0 bridgehead atoms. The molecule has 0 atom stereocenters. The number of carbonyl (C=O) groups excluding carboxylic acids is 1. The zero-order chi connectivity index (χ0) is 12.1. The van der Waals surface area contributed by atoms with Crippen LogP contribution in [0.2, 0.25) is 0 Å². The van der Waals surface area contributed by atoms with E-state index in [0.717, 1.165) is 12.8 Å². The van der Waals surface area contributed by atoms with Gasteiger partial charge in [-0.1, -0.05) is 6.07 Å². The van der Waals surface area contributed by atoms with Crippen LogP contribution in [0.25, 0.3) is 0 Å². The van der Waals surface area contributed by atoms with Gasteiger partial charge in [0.05, 0.1) is 12.5 Å². The third-order valence-electron chi connectivity index (χ3n) is 2.99. The number of nitrogens with zero attached hydrogens (tertiary/aromatic N) is 1. The summed E-state index contributed by atoms with van der Waals surface area (Å²) in [7, 11) is 0. The Morgan fingerprint density at radius 1 is 1.29 bits per heavy atom. The van der Waals surface area contributed by atoms with Gasteiger partial charge < -0.3 is 4.74 Å². The fraction of sp³-hybridized carbons (Fsp3) is 0.429. The maximum absolute atomic E-state index is 11.4. The van der Waals surface area contributed by atoms with Crippen molar-refractivity contribution in [3.05, 3.63) is 29.3 Å². The molecule has 3 heteroatoms. The van der Waals surface area contributed by atoms with Crippen LogP contribution in [0, 0.1) is 11.3 Å². The van der Waals surface area contributed by atoms with Crippen LogP contribution in [0.15, 0.2) is 18.2 Å². The molecule has 0 N–H and O–H groups in total. The van der Waals surface area contributed by atoms with E-state index >= 15 is 0 Å². The summed E-state index contributed by atoms with van der Waals surface area (Å²) in [5.41, 5.74) is 2.66. The van der Waals surface area contributed by atoms with Crippen LogP contribution >= 0.6 is 0 Å². The van der Waals surface area contributed by atoms with E-state index in [-0.39, 0.29) is 18.8 Å². The number of nitriles is 1. The van der Waals surface area contributed by atoms with Gasteiger partial charge in [-0.3, -0.25) is 4.79 Å². The van der Waals surface area contributed by atoms with E-state index in [0.29, 0.717) is 5.75 Å². The highest BCUT2D eigenvalue weighted by Crippen LogP contribution is 2.25. The number of hydrogen-bond acceptors (Lipinski definition) is 3. The molecule has 0 spiro atoms. The first-order chi connectivity index (χ1) is 8.29. The number of fused-ring (bicyclic) bond motifs is 1. The van der Waals surface area contributed by atoms with Crippen molar-refractivity contribution in [1.82, 2.24) is 0 Å². The van der Waals surface area contributed by atoms with E-state index in [4.69, 9.17) is 10.00 Å². The molecule has 2 rings (SSSR count). The Morgan fingerprint density at radius 2 is 2.06 bits per heavy atom. The molecule has 0 fully saturated rings. The summed E-state index contributed by atoms with van der Waals surface area (Å²) >= 11 is 0. The molecule has 1 aromatic rings. The molecule has 0 amide bonds. The Kier molecular flexibility index (Phi) is 3.77. The van der Waals surface area contributed by atoms with E-state index < -0.39 is 0 Å². The number of benzene rings is 1. The topological polar surface area (TPSA) is 50.1 Å². The third kappa shape index (κ3) is 3.07. The van der Waals surface area contributed by atoms with Crippen LogP contribution in [0.1, 0.15) is 36.8 Å². The minimum Gasteiger partial charge on any atom is -0.426 e. The van der Waals surface area contributed by atoms with Crippen molar-refractivity contribution < 1.29 is 9.53 Å². The highest BCUT2D eigenvalue weighted by atomic mass is 16.5. The van der Waals surface area contributed by atoms with Crippen LogP contribution in [0.4, 0.5) is 0 Å². The van der Waals surface area contributed by atoms with Crippen molar-refractivity contribution in [1.29, 1.82) is 5.26 Å². The zero-order valence-corrected chi connectivity index (χ0v) is 9.74. The van der Waals surface area contributed by atoms with E-state index in [2.05, 4.69) is 0 Å². The van der Waals surface area contributed by atoms with Crippen molar-refractivity contribution >= 4 is 5.97 Å². The highest BCUT2D eigenvalue weighted by Gasteiger charge is 2.11. The second kappa shape index (κ2) is 5.49. The summed E-state index contributed by atoms with van der Waals surface area (Å²) in [6, 6.07) is 7.78. The van der Waals surface area contributed by atoms with Gasteiger partial charge >= 0.3 is 5.97 Å². The SMILES string of the molecule is N#CCCC(=O)Oc1ccc2c(c1)CCCC2. The maximum Gasteiger partial charge on any atom is 0.312 e. The molecule has 0 saturated carbocycles. The van der Waals surface area contributed by atoms with Crippen molar-refractivity contribution in [3.63, 3.8) is 0 Å². The summed E-state index contributed by atoms with van der Waals surface area (Å²) in [6.07, 6.45) is 5.02. The lowest BCUT2D eigenvalue weighted by Gasteiger charge is -2.16. The van der Waals surface area contributed by atoms with E-state index in [1.165, 1.54) is 24.0 Å². The fourth-order valence-electron chi connectivity index (χ4n) is 2.11. The lowest BCUT2D eigenvalue weighted by molar-refractivity contribution is -0.134. The first-order valence-electron chi connectivity index (χ1n) is 5.99. The molecular formula is C14H15NO2. The first kappa shape index (κ1) is 11.7. The Bertz CT molecular complexity index is 460. The largest absolute Gasteiger partial charge is 0.426 e. The lowest BCUT2D eigenvalue weighted by Crippen LogP contribution is -2.08. The van der Waals surface area contributed by atoms with Crippen molar-refractivity contribution in [2.24, 2.45) is 0 Å². The molecule has 0 aliphatic heterocycles. The Balaban J connectivity index is 2.02. The van der Waals surface area contributed by atoms with Crippen molar-refractivity contribution in [2.75, 3.05) is 0 Å². The summed E-state index contributed by atoms with van der Waals surface area (Å²) in [6.45, 7) is 0. The zero-order valence-electron chi connectivity index (χ0n) is 9.74. The Labute approximate surface area is 101 Å². The van der Waals surface area contributed by atoms with E-state index in [1.807, 2.05) is 24.3 Å². The molecule has 1 aliphatic rings. The van der Waals surface area contributed by atoms with Crippen LogP contribution in [-0.2, 0) is 17.6 Å². The lowest BCUT2D eigenvalue weighted by atomic mass is 9.92. The maximum atomic E-state index is 11.4. The smallest absolute Gasteiger partial charge is 0.312 e. The molecule has 0 aromatic heterocycles. The summed E-state index contributed by atoms with van der Waals surface area (Å²) in [5, 5.41) is 8.38. The van der Waals surface area contributed by atoms with E-state index in [1.54, 1.807) is 0 Å². The van der Waals surface area contributed by atoms with Crippen LogP contribution in [0.3, 0.4) is 0 Å². The number of esters is 1. The molecule has 0 saturated heterocycles. The average Bonchev–Trinajstić information content (AvgIpc) is 2.36. The number of rotatable bonds is 3. The molecular weight excluding hydrogens is 214 g/mol. The van der Waals surface area contributed by atoms with Gasteiger partial charge in [0.1, 0.15) is 5.75 Å². The van der Waals surface area contributed by atoms with Crippen LogP contribution in [0.5, 0.6) is 5.75 Å². The van der Waals surface area contributed by atoms with Crippen molar-refractivity contribution in [2.45, 2.75) is 38.5 Å². The molecule has 1 aliphatic carbocycles. The molecule has 88 valence electrons. The van der Waals surface area contributed by atoms with Crippen molar-refractivity contribution in [3.8, 4) is 11.8 Å². The van der Waals surface area contributed by atoms with Gasteiger partial charge in [-0.25, -0.2) is 0 Å². The Morgan fingerprint density at radius 3 is 2.82 bits per heavy atom. The predicted molar refractivity (Wildman–Crippen MR) is 63.6 cm³/mol. The van der Waals surface area contributed by atoms with Gasteiger partial charge in [0.2, 0.25) is 0 Å².